The second-order valence-electron chi connectivity index (χ2n) is 5.40. The molecule has 0 fully saturated rings. The molecule has 0 spiro atoms. The third-order valence-electron chi connectivity index (χ3n) is 3.54. The number of nitro groups is 1. The Morgan fingerprint density at radius 1 is 1.30 bits per heavy atom. The largest absolute Gasteiger partial charge is 0.496 e. The molecule has 0 aliphatic heterocycles. The Bertz CT molecular complexity index is 1000. The molecule has 0 N–H and O–H groups in total. The molecule has 138 valence electrons. The van der Waals surface area contributed by atoms with Gasteiger partial charge in [-0.05, 0) is 24.3 Å². The van der Waals surface area contributed by atoms with E-state index >= 15 is 0 Å². The molecule has 1 aromatic heterocycles. The average molecular weight is 449 g/mol. The van der Waals surface area contributed by atoms with Crippen molar-refractivity contribution in [1.29, 1.82) is 0 Å². The molecule has 3 rings (SSSR count). The summed E-state index contributed by atoms with van der Waals surface area (Å²) < 4.78 is 11.1. The number of nitro benzene ring substituents is 1. The molecule has 9 heteroatoms. The fraction of sp³-hybridized carbons (Fsp3) is 0.111. The molecular formula is C18H13BrN2O5S. The van der Waals surface area contributed by atoms with Gasteiger partial charge in [-0.2, -0.15) is 0 Å². The van der Waals surface area contributed by atoms with E-state index in [9.17, 15) is 14.9 Å². The van der Waals surface area contributed by atoms with Crippen LogP contribution in [0.15, 0.2) is 52.3 Å². The predicted molar refractivity (Wildman–Crippen MR) is 104 cm³/mol. The van der Waals surface area contributed by atoms with Crippen molar-refractivity contribution in [2.45, 2.75) is 6.42 Å². The maximum absolute atomic E-state index is 12.2. The van der Waals surface area contributed by atoms with Gasteiger partial charge in [0.1, 0.15) is 10.8 Å². The summed E-state index contributed by atoms with van der Waals surface area (Å²) in [5.74, 6) is -0.456. The van der Waals surface area contributed by atoms with Crippen LogP contribution in [0.4, 0.5) is 5.69 Å². The quantitative estimate of drug-likeness (QED) is 0.236. The summed E-state index contributed by atoms with van der Waals surface area (Å²) in [6.45, 7) is 0. The molecule has 0 aliphatic carbocycles. The van der Waals surface area contributed by atoms with Crippen molar-refractivity contribution in [2.24, 2.45) is 0 Å². The van der Waals surface area contributed by atoms with E-state index in [1.165, 1.54) is 36.6 Å². The van der Waals surface area contributed by atoms with Crippen molar-refractivity contribution >= 4 is 38.9 Å². The molecule has 0 radical (unpaired) electrons. The van der Waals surface area contributed by atoms with Gasteiger partial charge in [0.05, 0.1) is 30.2 Å². The molecule has 0 bridgehead atoms. The summed E-state index contributed by atoms with van der Waals surface area (Å²) in [4.78, 5) is 27.2. The first-order valence-electron chi connectivity index (χ1n) is 7.69. The number of nitrogens with zero attached hydrogens (tertiary/aromatic N) is 2. The minimum absolute atomic E-state index is 0.0896. The molecule has 3 aromatic rings. The fourth-order valence-electron chi connectivity index (χ4n) is 2.30. The normalized spacial score (nSPS) is 10.4. The van der Waals surface area contributed by atoms with E-state index in [1.54, 1.807) is 5.38 Å². The summed E-state index contributed by atoms with van der Waals surface area (Å²) >= 11 is 4.82. The van der Waals surface area contributed by atoms with Crippen LogP contribution >= 0.6 is 27.3 Å². The lowest BCUT2D eigenvalue weighted by Crippen LogP contribution is -2.12. The number of hydrogen-bond acceptors (Lipinski definition) is 7. The summed E-state index contributed by atoms with van der Waals surface area (Å²) in [6, 6.07) is 11.7. The number of halogens is 1. The third kappa shape index (κ3) is 4.69. The van der Waals surface area contributed by atoms with Crippen LogP contribution < -0.4 is 9.47 Å². The number of carbonyl (C=O) groups is 1. The number of benzene rings is 2. The Kier molecular flexibility index (Phi) is 5.82. The molecule has 0 aliphatic rings. The van der Waals surface area contributed by atoms with E-state index in [0.717, 1.165) is 15.0 Å². The average Bonchev–Trinajstić information content (AvgIpc) is 3.10. The van der Waals surface area contributed by atoms with Gasteiger partial charge in [0, 0.05) is 15.4 Å². The van der Waals surface area contributed by atoms with Crippen LogP contribution in [0.2, 0.25) is 0 Å². The van der Waals surface area contributed by atoms with Crippen LogP contribution in [0, 0.1) is 10.1 Å². The first kappa shape index (κ1) is 19.0. The van der Waals surface area contributed by atoms with Crippen molar-refractivity contribution in [3.05, 3.63) is 68.1 Å². The summed E-state index contributed by atoms with van der Waals surface area (Å²) in [6.07, 6.45) is -0.0896. The molecule has 0 amide bonds. The standard InChI is InChI=1S/C18H13BrN2O5S/c1-25-14-5-6-16(15(9-14)21(23)24)26-17(22)8-13-10-27-18(20-13)11-3-2-4-12(19)7-11/h2-7,9-10H,8H2,1H3. The summed E-state index contributed by atoms with van der Waals surface area (Å²) in [5, 5.41) is 13.7. The first-order chi connectivity index (χ1) is 13.0. The van der Waals surface area contributed by atoms with E-state index in [-0.39, 0.29) is 17.9 Å². The molecule has 0 atom stereocenters. The lowest BCUT2D eigenvalue weighted by atomic mass is 10.2. The number of carbonyl (C=O) groups excluding carboxylic acids is 1. The number of hydrogen-bond donors (Lipinski definition) is 0. The van der Waals surface area contributed by atoms with Crippen LogP contribution in [0.3, 0.4) is 0 Å². The number of esters is 1. The van der Waals surface area contributed by atoms with Gasteiger partial charge >= 0.3 is 11.7 Å². The zero-order valence-electron chi connectivity index (χ0n) is 14.0. The van der Waals surface area contributed by atoms with Crippen LogP contribution in [-0.4, -0.2) is 23.0 Å². The maximum atomic E-state index is 12.2. The summed E-state index contributed by atoms with van der Waals surface area (Å²) in [5.41, 5.74) is 1.13. The molecule has 7 nitrogen and oxygen atoms in total. The zero-order valence-corrected chi connectivity index (χ0v) is 16.5. The summed E-state index contributed by atoms with van der Waals surface area (Å²) in [7, 11) is 1.40. The van der Waals surface area contributed by atoms with E-state index in [4.69, 9.17) is 9.47 Å². The van der Waals surface area contributed by atoms with Gasteiger partial charge in [-0.1, -0.05) is 28.1 Å². The molecule has 0 saturated heterocycles. The van der Waals surface area contributed by atoms with Crippen LogP contribution in [-0.2, 0) is 11.2 Å². The molecule has 1 heterocycles. The van der Waals surface area contributed by atoms with E-state index < -0.39 is 10.9 Å². The van der Waals surface area contributed by atoms with E-state index in [0.29, 0.717) is 11.4 Å². The number of ether oxygens (including phenoxy) is 2. The second kappa shape index (κ2) is 8.28. The van der Waals surface area contributed by atoms with Crippen LogP contribution in [0.5, 0.6) is 11.5 Å². The highest BCUT2D eigenvalue weighted by molar-refractivity contribution is 9.10. The van der Waals surface area contributed by atoms with Crippen LogP contribution in [0.1, 0.15) is 5.69 Å². The van der Waals surface area contributed by atoms with Crippen molar-refractivity contribution in [3.8, 4) is 22.1 Å². The first-order valence-corrected chi connectivity index (χ1v) is 9.37. The SMILES string of the molecule is COc1ccc(OC(=O)Cc2csc(-c3cccc(Br)c3)n2)c([N+](=O)[O-])c1. The van der Waals surface area contributed by atoms with E-state index in [1.807, 2.05) is 24.3 Å². The highest BCUT2D eigenvalue weighted by Gasteiger charge is 2.20. The van der Waals surface area contributed by atoms with Gasteiger partial charge in [-0.15, -0.1) is 11.3 Å². The Morgan fingerprint density at radius 3 is 2.81 bits per heavy atom. The molecule has 0 saturated carbocycles. The van der Waals surface area contributed by atoms with Gasteiger partial charge in [0.25, 0.3) is 0 Å². The Labute approximate surface area is 166 Å². The Hall–Kier alpha value is -2.78. The van der Waals surface area contributed by atoms with E-state index in [2.05, 4.69) is 20.9 Å². The lowest BCUT2D eigenvalue weighted by Gasteiger charge is -2.06. The minimum atomic E-state index is -0.630. The molecular weight excluding hydrogens is 436 g/mol. The smallest absolute Gasteiger partial charge is 0.317 e. The zero-order chi connectivity index (χ0) is 19.4. The van der Waals surface area contributed by atoms with Crippen LogP contribution in [0.25, 0.3) is 10.6 Å². The number of aromatic nitrogens is 1. The van der Waals surface area contributed by atoms with Gasteiger partial charge in [0.15, 0.2) is 0 Å². The van der Waals surface area contributed by atoms with Crippen molar-refractivity contribution in [1.82, 2.24) is 4.98 Å². The maximum Gasteiger partial charge on any atom is 0.317 e. The van der Waals surface area contributed by atoms with Crippen molar-refractivity contribution in [2.75, 3.05) is 7.11 Å². The van der Waals surface area contributed by atoms with Gasteiger partial charge in [-0.3, -0.25) is 14.9 Å². The van der Waals surface area contributed by atoms with Crippen molar-refractivity contribution in [3.63, 3.8) is 0 Å². The fourth-order valence-corrected chi connectivity index (χ4v) is 3.52. The Morgan fingerprint density at radius 2 is 2.11 bits per heavy atom. The molecule has 27 heavy (non-hydrogen) atoms. The predicted octanol–water partition coefficient (Wildman–Crippen LogP) is 4.64. The highest BCUT2D eigenvalue weighted by atomic mass is 79.9. The molecule has 0 unspecified atom stereocenters. The topological polar surface area (TPSA) is 91.6 Å². The third-order valence-corrected chi connectivity index (χ3v) is 4.97. The van der Waals surface area contributed by atoms with Gasteiger partial charge in [0.2, 0.25) is 5.75 Å². The lowest BCUT2D eigenvalue weighted by molar-refractivity contribution is -0.385. The van der Waals surface area contributed by atoms with Crippen molar-refractivity contribution < 1.29 is 19.2 Å². The van der Waals surface area contributed by atoms with Gasteiger partial charge in [-0.25, -0.2) is 4.98 Å². The monoisotopic (exact) mass is 448 g/mol. The Balaban J connectivity index is 1.73. The second-order valence-corrected chi connectivity index (χ2v) is 7.17. The number of thiazole rings is 1. The minimum Gasteiger partial charge on any atom is -0.496 e. The number of methoxy groups -OCH3 is 1. The highest BCUT2D eigenvalue weighted by Crippen LogP contribution is 2.31. The van der Waals surface area contributed by atoms with Gasteiger partial charge < -0.3 is 9.47 Å². The number of rotatable bonds is 6. The molecule has 2 aromatic carbocycles.